The van der Waals surface area contributed by atoms with E-state index in [9.17, 15) is 9.59 Å². The van der Waals surface area contributed by atoms with Crippen LogP contribution in [0.15, 0.2) is 36.4 Å². The van der Waals surface area contributed by atoms with Crippen molar-refractivity contribution < 1.29 is 15.8 Å². The van der Waals surface area contributed by atoms with Gasteiger partial charge in [-0.2, -0.15) is 0 Å². The highest BCUT2D eigenvalue weighted by Gasteiger charge is 2.55. The van der Waals surface area contributed by atoms with E-state index < -0.39 is 5.41 Å². The Bertz CT molecular complexity index is 611. The lowest BCUT2D eigenvalue weighted by atomic mass is 9.75. The van der Waals surface area contributed by atoms with Gasteiger partial charge in [0.05, 0.1) is 12.0 Å². The number of carbonyl (C=O) groups excluding carboxylic acids is 2. The van der Waals surface area contributed by atoms with Crippen molar-refractivity contribution in [2.75, 3.05) is 11.9 Å². The van der Waals surface area contributed by atoms with Gasteiger partial charge in [-0.05, 0) is 37.0 Å². The molecule has 4 heteroatoms. The molecular formula is C17H21NO3. The van der Waals surface area contributed by atoms with Crippen molar-refractivity contribution in [1.29, 1.82) is 0 Å². The summed E-state index contributed by atoms with van der Waals surface area (Å²) >= 11 is 0. The van der Waals surface area contributed by atoms with Gasteiger partial charge in [-0.25, -0.2) is 0 Å². The summed E-state index contributed by atoms with van der Waals surface area (Å²) < 4.78 is 5.28. The van der Waals surface area contributed by atoms with Crippen LogP contribution in [0, 0.1) is 11.3 Å². The van der Waals surface area contributed by atoms with Gasteiger partial charge >= 0.3 is 5.97 Å². The fraction of sp³-hybridized carbons (Fsp3) is 0.412. The number of esters is 1. The Kier molecular flexibility index (Phi) is 3.32. The molecule has 0 bridgehead atoms. The SMILES string of the molecule is C=C1CC2COC(=O)C2(Cc2ccc(NC(C)=O)cc2)C1.[HH]. The normalized spacial score (nSPS) is 27.4. The summed E-state index contributed by atoms with van der Waals surface area (Å²) in [6, 6.07) is 7.66. The molecule has 21 heavy (non-hydrogen) atoms. The molecule has 1 heterocycles. The third-order valence-electron chi connectivity index (χ3n) is 4.50. The van der Waals surface area contributed by atoms with E-state index >= 15 is 0 Å². The van der Waals surface area contributed by atoms with E-state index in [4.69, 9.17) is 4.74 Å². The molecule has 0 aromatic heterocycles. The first-order valence-electron chi connectivity index (χ1n) is 7.20. The number of cyclic esters (lactones) is 1. The van der Waals surface area contributed by atoms with Gasteiger partial charge in [-0.1, -0.05) is 24.3 Å². The van der Waals surface area contributed by atoms with E-state index in [1.54, 1.807) is 0 Å². The van der Waals surface area contributed by atoms with Gasteiger partial charge in [0.2, 0.25) is 5.91 Å². The predicted octanol–water partition coefficient (Wildman–Crippen LogP) is 2.94. The average molecular weight is 287 g/mol. The monoisotopic (exact) mass is 287 g/mol. The van der Waals surface area contributed by atoms with Crippen LogP contribution in [-0.4, -0.2) is 18.5 Å². The van der Waals surface area contributed by atoms with Crippen molar-refractivity contribution in [3.05, 3.63) is 42.0 Å². The van der Waals surface area contributed by atoms with Crippen molar-refractivity contribution in [3.8, 4) is 0 Å². The largest absolute Gasteiger partial charge is 0.465 e. The molecule has 1 aromatic carbocycles. The number of benzene rings is 1. The maximum atomic E-state index is 12.2. The minimum Gasteiger partial charge on any atom is -0.465 e. The summed E-state index contributed by atoms with van der Waals surface area (Å²) in [5, 5.41) is 2.74. The zero-order valence-electron chi connectivity index (χ0n) is 12.1. The van der Waals surface area contributed by atoms with E-state index in [0.717, 1.165) is 29.7 Å². The quantitative estimate of drug-likeness (QED) is 0.687. The third kappa shape index (κ3) is 2.46. The summed E-state index contributed by atoms with van der Waals surface area (Å²) in [6.07, 6.45) is 2.29. The molecule has 4 nitrogen and oxygen atoms in total. The van der Waals surface area contributed by atoms with Crippen molar-refractivity contribution in [3.63, 3.8) is 0 Å². The number of nitrogens with one attached hydrogen (secondary N) is 1. The number of carbonyl (C=O) groups is 2. The molecule has 1 amide bonds. The molecule has 3 rings (SSSR count). The highest BCUT2D eigenvalue weighted by Crippen LogP contribution is 2.52. The van der Waals surface area contributed by atoms with Crippen molar-refractivity contribution >= 4 is 17.6 Å². The lowest BCUT2D eigenvalue weighted by Crippen LogP contribution is -2.31. The molecular weight excluding hydrogens is 266 g/mol. The molecule has 112 valence electrons. The third-order valence-corrected chi connectivity index (χ3v) is 4.50. The van der Waals surface area contributed by atoms with E-state index in [0.29, 0.717) is 13.0 Å². The van der Waals surface area contributed by atoms with Gasteiger partial charge in [-0.3, -0.25) is 9.59 Å². The van der Waals surface area contributed by atoms with E-state index in [-0.39, 0.29) is 19.2 Å². The fourth-order valence-electron chi connectivity index (χ4n) is 3.54. The molecule has 1 N–H and O–H groups in total. The maximum absolute atomic E-state index is 12.2. The fourth-order valence-corrected chi connectivity index (χ4v) is 3.54. The molecule has 2 atom stereocenters. The molecule has 0 spiro atoms. The van der Waals surface area contributed by atoms with Crippen LogP contribution < -0.4 is 5.32 Å². The van der Waals surface area contributed by atoms with E-state index in [1.807, 2.05) is 24.3 Å². The number of anilines is 1. The Morgan fingerprint density at radius 2 is 2.19 bits per heavy atom. The zero-order chi connectivity index (χ0) is 15.0. The van der Waals surface area contributed by atoms with Crippen LogP contribution in [-0.2, 0) is 20.7 Å². The molecule has 2 unspecified atom stereocenters. The van der Waals surface area contributed by atoms with Gasteiger partial charge in [-0.15, -0.1) is 0 Å². The minimum atomic E-state index is -0.424. The smallest absolute Gasteiger partial charge is 0.313 e. The summed E-state index contributed by atoms with van der Waals surface area (Å²) in [4.78, 5) is 23.2. The second-order valence-corrected chi connectivity index (χ2v) is 6.14. The first-order valence-corrected chi connectivity index (χ1v) is 7.20. The van der Waals surface area contributed by atoms with Crippen molar-refractivity contribution in [2.24, 2.45) is 11.3 Å². The number of hydrogen-bond donors (Lipinski definition) is 1. The second-order valence-electron chi connectivity index (χ2n) is 6.14. The Morgan fingerprint density at radius 1 is 1.48 bits per heavy atom. The standard InChI is InChI=1S/C17H19NO3.H2/c1-11-7-14-10-21-16(20)17(14,8-11)9-13-3-5-15(6-4-13)18-12(2)19;/h3-6,14H,1,7-10H2,2H3,(H,18,19);1H. The topological polar surface area (TPSA) is 55.4 Å². The predicted molar refractivity (Wildman–Crippen MR) is 81.8 cm³/mol. The Hall–Kier alpha value is -2.10. The van der Waals surface area contributed by atoms with Crippen LogP contribution in [0.2, 0.25) is 0 Å². The van der Waals surface area contributed by atoms with Gasteiger partial charge < -0.3 is 10.1 Å². The van der Waals surface area contributed by atoms with Gasteiger partial charge in [0.1, 0.15) is 0 Å². The van der Waals surface area contributed by atoms with Crippen LogP contribution in [0.1, 0.15) is 26.8 Å². The number of fused-ring (bicyclic) bond motifs is 1. The van der Waals surface area contributed by atoms with Gasteiger partial charge in [0, 0.05) is 20.0 Å². The Labute approximate surface area is 125 Å². The van der Waals surface area contributed by atoms with Crippen molar-refractivity contribution in [1.82, 2.24) is 0 Å². The first kappa shape index (κ1) is 13.9. The first-order chi connectivity index (χ1) is 9.99. The molecule has 2 fully saturated rings. The summed E-state index contributed by atoms with van der Waals surface area (Å²) in [7, 11) is 0. The van der Waals surface area contributed by atoms with Gasteiger partial charge in [0.15, 0.2) is 0 Å². The maximum Gasteiger partial charge on any atom is 0.313 e. The molecule has 1 saturated heterocycles. The summed E-state index contributed by atoms with van der Waals surface area (Å²) in [5.41, 5.74) is 2.58. The number of hydrogen-bond acceptors (Lipinski definition) is 3. The molecule has 1 aliphatic heterocycles. The molecule has 1 aromatic rings. The molecule has 0 radical (unpaired) electrons. The van der Waals surface area contributed by atoms with Crippen LogP contribution in [0.3, 0.4) is 0 Å². The zero-order valence-corrected chi connectivity index (χ0v) is 12.1. The van der Waals surface area contributed by atoms with Crippen LogP contribution in [0.25, 0.3) is 0 Å². The van der Waals surface area contributed by atoms with Crippen LogP contribution in [0.5, 0.6) is 0 Å². The Morgan fingerprint density at radius 3 is 2.86 bits per heavy atom. The second kappa shape index (κ2) is 5.02. The average Bonchev–Trinajstić information content (AvgIpc) is 2.88. The number of ether oxygens (including phenoxy) is 1. The summed E-state index contributed by atoms with van der Waals surface area (Å²) in [5.74, 6) is 0.0810. The molecule has 2 aliphatic rings. The van der Waals surface area contributed by atoms with Crippen LogP contribution in [0.4, 0.5) is 5.69 Å². The lowest BCUT2D eigenvalue weighted by Gasteiger charge is -2.24. The van der Waals surface area contributed by atoms with E-state index in [1.165, 1.54) is 6.92 Å². The number of rotatable bonds is 3. The highest BCUT2D eigenvalue weighted by atomic mass is 16.5. The van der Waals surface area contributed by atoms with E-state index in [2.05, 4.69) is 11.9 Å². The van der Waals surface area contributed by atoms with Crippen LogP contribution >= 0.6 is 0 Å². The summed E-state index contributed by atoms with van der Waals surface area (Å²) in [6.45, 7) is 6.05. The van der Waals surface area contributed by atoms with Crippen molar-refractivity contribution in [2.45, 2.75) is 26.2 Å². The number of amides is 1. The number of allylic oxidation sites excluding steroid dienone is 1. The molecule has 1 saturated carbocycles. The van der Waals surface area contributed by atoms with Gasteiger partial charge in [0.25, 0.3) is 0 Å². The molecule has 1 aliphatic carbocycles. The highest BCUT2D eigenvalue weighted by molar-refractivity contribution is 5.88. The lowest BCUT2D eigenvalue weighted by molar-refractivity contribution is -0.146. The minimum absolute atomic E-state index is 0. The Balaban J connectivity index is 0.00000176.